The Labute approximate surface area is 97.8 Å². The highest BCUT2D eigenvalue weighted by Gasteiger charge is 2.08. The molecule has 94 valence electrons. The van der Waals surface area contributed by atoms with Crippen molar-refractivity contribution in [1.82, 2.24) is 10.6 Å². The fourth-order valence-electron chi connectivity index (χ4n) is 0.992. The maximum atomic E-state index is 11.3. The van der Waals surface area contributed by atoms with Crippen molar-refractivity contribution in [3.63, 3.8) is 0 Å². The molecule has 0 rings (SSSR count). The van der Waals surface area contributed by atoms with E-state index in [1.54, 1.807) is 6.26 Å². The Morgan fingerprint density at radius 3 is 2.50 bits per heavy atom. The number of nitrogens with two attached hydrogens (primary N) is 1. The Balaban J connectivity index is 3.69. The standard InChI is InChI=1S/C9H19N3O3S/c1-7(3-4-16(2)15)12-9(14)6-11-8(13)5-10/h7H,3-6,10H2,1-2H3,(H,11,13)(H,12,14). The van der Waals surface area contributed by atoms with Crippen LogP contribution in [0.2, 0.25) is 0 Å². The number of hydrogen-bond acceptors (Lipinski definition) is 4. The van der Waals surface area contributed by atoms with E-state index in [1.165, 1.54) is 0 Å². The van der Waals surface area contributed by atoms with Crippen LogP contribution in [0.3, 0.4) is 0 Å². The molecule has 0 spiro atoms. The van der Waals surface area contributed by atoms with Gasteiger partial charge in [-0.2, -0.15) is 0 Å². The number of rotatable bonds is 7. The van der Waals surface area contributed by atoms with E-state index in [0.717, 1.165) is 0 Å². The molecule has 0 radical (unpaired) electrons. The van der Waals surface area contributed by atoms with Crippen molar-refractivity contribution >= 4 is 22.6 Å². The highest BCUT2D eigenvalue weighted by atomic mass is 32.2. The zero-order valence-corrected chi connectivity index (χ0v) is 10.4. The minimum Gasteiger partial charge on any atom is -0.352 e. The summed E-state index contributed by atoms with van der Waals surface area (Å²) < 4.78 is 10.8. The topological polar surface area (TPSA) is 101 Å². The molecule has 0 aromatic rings. The van der Waals surface area contributed by atoms with Crippen molar-refractivity contribution in [1.29, 1.82) is 0 Å². The Kier molecular flexibility index (Phi) is 7.74. The molecule has 0 aromatic heterocycles. The maximum Gasteiger partial charge on any atom is 0.239 e. The van der Waals surface area contributed by atoms with Crippen molar-refractivity contribution in [3.05, 3.63) is 0 Å². The smallest absolute Gasteiger partial charge is 0.239 e. The van der Waals surface area contributed by atoms with Crippen LogP contribution in [-0.2, 0) is 20.4 Å². The number of amides is 2. The minimum atomic E-state index is -0.851. The van der Waals surface area contributed by atoms with Gasteiger partial charge in [-0.05, 0) is 13.3 Å². The van der Waals surface area contributed by atoms with E-state index in [9.17, 15) is 13.8 Å². The van der Waals surface area contributed by atoms with Gasteiger partial charge in [0, 0.05) is 28.9 Å². The molecule has 7 heteroatoms. The summed E-state index contributed by atoms with van der Waals surface area (Å²) in [7, 11) is -0.851. The molecule has 0 aliphatic rings. The van der Waals surface area contributed by atoms with Crippen LogP contribution in [0.5, 0.6) is 0 Å². The molecule has 16 heavy (non-hydrogen) atoms. The lowest BCUT2D eigenvalue weighted by molar-refractivity contribution is -0.125. The van der Waals surface area contributed by atoms with Crippen LogP contribution in [0.15, 0.2) is 0 Å². The van der Waals surface area contributed by atoms with E-state index < -0.39 is 10.8 Å². The zero-order chi connectivity index (χ0) is 12.6. The van der Waals surface area contributed by atoms with E-state index in [2.05, 4.69) is 10.6 Å². The highest BCUT2D eigenvalue weighted by molar-refractivity contribution is 7.84. The normalized spacial score (nSPS) is 13.9. The first-order chi connectivity index (χ1) is 7.45. The van der Waals surface area contributed by atoms with Gasteiger partial charge in [0.1, 0.15) is 0 Å². The molecule has 6 nitrogen and oxygen atoms in total. The molecule has 2 atom stereocenters. The third kappa shape index (κ3) is 8.37. The van der Waals surface area contributed by atoms with Gasteiger partial charge in [0.05, 0.1) is 13.1 Å². The van der Waals surface area contributed by atoms with E-state index in [1.807, 2.05) is 6.92 Å². The summed E-state index contributed by atoms with van der Waals surface area (Å²) in [5, 5.41) is 5.05. The predicted molar refractivity (Wildman–Crippen MR) is 63.2 cm³/mol. The third-order valence-electron chi connectivity index (χ3n) is 1.88. The predicted octanol–water partition coefficient (Wildman–Crippen LogP) is -1.67. The van der Waals surface area contributed by atoms with Crippen LogP contribution in [0.4, 0.5) is 0 Å². The van der Waals surface area contributed by atoms with Gasteiger partial charge >= 0.3 is 0 Å². The van der Waals surface area contributed by atoms with Crippen molar-refractivity contribution in [2.45, 2.75) is 19.4 Å². The largest absolute Gasteiger partial charge is 0.352 e. The first kappa shape index (κ1) is 15.0. The first-order valence-electron chi connectivity index (χ1n) is 5.02. The van der Waals surface area contributed by atoms with E-state index >= 15 is 0 Å². The van der Waals surface area contributed by atoms with Crippen LogP contribution in [0.25, 0.3) is 0 Å². The summed E-state index contributed by atoms with van der Waals surface area (Å²) in [6.07, 6.45) is 2.27. The van der Waals surface area contributed by atoms with Crippen LogP contribution in [-0.4, -0.2) is 47.2 Å². The number of hydrogen-bond donors (Lipinski definition) is 3. The van der Waals surface area contributed by atoms with Gasteiger partial charge in [-0.3, -0.25) is 13.8 Å². The summed E-state index contributed by atoms with van der Waals surface area (Å²) in [5.41, 5.74) is 5.06. The van der Waals surface area contributed by atoms with Gasteiger partial charge in [0.15, 0.2) is 0 Å². The van der Waals surface area contributed by atoms with Crippen molar-refractivity contribution < 1.29 is 13.8 Å². The molecule has 0 bridgehead atoms. The zero-order valence-electron chi connectivity index (χ0n) is 9.62. The maximum absolute atomic E-state index is 11.3. The van der Waals surface area contributed by atoms with Crippen molar-refractivity contribution in [2.75, 3.05) is 25.1 Å². The summed E-state index contributed by atoms with van der Waals surface area (Å²) in [4.78, 5) is 22.0. The molecule has 0 saturated carbocycles. The number of carbonyl (C=O) groups excluding carboxylic acids is 2. The first-order valence-corrected chi connectivity index (χ1v) is 6.74. The summed E-state index contributed by atoms with van der Waals surface area (Å²) in [6.45, 7) is 1.63. The lowest BCUT2D eigenvalue weighted by Crippen LogP contribution is -2.42. The lowest BCUT2D eigenvalue weighted by Gasteiger charge is -2.13. The Bertz CT molecular complexity index is 271. The van der Waals surface area contributed by atoms with Gasteiger partial charge in [-0.15, -0.1) is 0 Å². The molecule has 0 saturated heterocycles. The molecule has 2 unspecified atom stereocenters. The second-order valence-corrected chi connectivity index (χ2v) is 5.07. The van der Waals surface area contributed by atoms with E-state index in [4.69, 9.17) is 5.73 Å². The molecule has 4 N–H and O–H groups in total. The molecule has 0 aliphatic heterocycles. The lowest BCUT2D eigenvalue weighted by atomic mass is 10.2. The molecular formula is C9H19N3O3S. The molecule has 0 aromatic carbocycles. The summed E-state index contributed by atoms with van der Waals surface area (Å²) >= 11 is 0. The molecular weight excluding hydrogens is 230 g/mol. The van der Waals surface area contributed by atoms with Gasteiger partial charge in [-0.1, -0.05) is 0 Å². The molecule has 0 fully saturated rings. The van der Waals surface area contributed by atoms with E-state index in [0.29, 0.717) is 12.2 Å². The summed E-state index contributed by atoms with van der Waals surface area (Å²) in [6, 6.07) is -0.0498. The van der Waals surface area contributed by atoms with Crippen molar-refractivity contribution in [3.8, 4) is 0 Å². The Hall–Kier alpha value is -0.950. The molecule has 2 amide bonds. The number of nitrogens with one attached hydrogen (secondary N) is 2. The second kappa shape index (κ2) is 8.23. The third-order valence-corrected chi connectivity index (χ3v) is 2.69. The number of carbonyl (C=O) groups is 2. The van der Waals surface area contributed by atoms with Crippen LogP contribution >= 0.6 is 0 Å². The average molecular weight is 249 g/mol. The Morgan fingerprint density at radius 1 is 1.38 bits per heavy atom. The molecule has 0 heterocycles. The quantitative estimate of drug-likeness (QED) is 0.502. The summed E-state index contributed by atoms with van der Waals surface area (Å²) in [5.74, 6) is -0.0787. The van der Waals surface area contributed by atoms with Crippen LogP contribution < -0.4 is 16.4 Å². The van der Waals surface area contributed by atoms with Gasteiger partial charge < -0.3 is 16.4 Å². The second-order valence-electron chi connectivity index (χ2n) is 3.52. The average Bonchev–Trinajstić information content (AvgIpc) is 2.23. The van der Waals surface area contributed by atoms with Crippen molar-refractivity contribution in [2.24, 2.45) is 5.73 Å². The van der Waals surface area contributed by atoms with E-state index in [-0.39, 0.29) is 30.9 Å². The monoisotopic (exact) mass is 249 g/mol. The highest BCUT2D eigenvalue weighted by Crippen LogP contribution is 1.92. The van der Waals surface area contributed by atoms with Gasteiger partial charge in [0.25, 0.3) is 0 Å². The minimum absolute atomic E-state index is 0.0498. The van der Waals surface area contributed by atoms with Gasteiger partial charge in [-0.25, -0.2) is 0 Å². The van der Waals surface area contributed by atoms with Crippen LogP contribution in [0, 0.1) is 0 Å². The SMILES string of the molecule is CC(CCS(C)=O)NC(=O)CNC(=O)CN. The van der Waals surface area contributed by atoms with Gasteiger partial charge in [0.2, 0.25) is 11.8 Å². The fraction of sp³-hybridized carbons (Fsp3) is 0.778. The van der Waals surface area contributed by atoms with Crippen LogP contribution in [0.1, 0.15) is 13.3 Å². The molecule has 0 aliphatic carbocycles. The Morgan fingerprint density at radius 2 is 2.00 bits per heavy atom. The fourth-order valence-corrected chi connectivity index (χ4v) is 1.68.